The molecule has 0 aromatic heterocycles. The molecule has 1 aromatic carbocycles. The summed E-state index contributed by atoms with van der Waals surface area (Å²) in [6.07, 6.45) is 1.79. The summed E-state index contributed by atoms with van der Waals surface area (Å²) in [6.45, 7) is 11.7. The molecular weight excluding hydrogens is 323 g/mol. The number of carbonyl (C=O) groups excluding carboxylic acids is 2. The van der Waals surface area contributed by atoms with Gasteiger partial charge in [-0.2, -0.15) is 0 Å². The molecule has 0 saturated carbocycles. The van der Waals surface area contributed by atoms with E-state index in [0.717, 1.165) is 5.56 Å². The standard InChI is InChI=1S/C19H25FN2O3/c1-6-13-10-15(16(20)9-12(13)2)17(23)21-14-7-8-22(11-14)18(24)25-19(3,4)5/h6,9-10,14H,1,7-8,11H2,2-5H3,(H,21,23)/t14-/m0/s1. The van der Waals surface area contributed by atoms with Crippen LogP contribution in [0.1, 0.15) is 48.7 Å². The zero-order chi connectivity index (χ0) is 18.8. The van der Waals surface area contributed by atoms with E-state index in [-0.39, 0.29) is 11.6 Å². The van der Waals surface area contributed by atoms with Gasteiger partial charge in [0, 0.05) is 19.1 Å². The molecule has 1 heterocycles. The lowest BCUT2D eigenvalue weighted by Crippen LogP contribution is -2.40. The van der Waals surface area contributed by atoms with E-state index in [1.165, 1.54) is 12.1 Å². The van der Waals surface area contributed by atoms with Crippen molar-refractivity contribution in [2.75, 3.05) is 13.1 Å². The summed E-state index contributed by atoms with van der Waals surface area (Å²) >= 11 is 0. The van der Waals surface area contributed by atoms with Gasteiger partial charge in [0.15, 0.2) is 0 Å². The topological polar surface area (TPSA) is 58.6 Å². The second kappa shape index (κ2) is 7.25. The monoisotopic (exact) mass is 348 g/mol. The van der Waals surface area contributed by atoms with Crippen molar-refractivity contribution in [3.63, 3.8) is 0 Å². The van der Waals surface area contributed by atoms with E-state index in [1.807, 2.05) is 0 Å². The number of carbonyl (C=O) groups is 2. The largest absolute Gasteiger partial charge is 0.444 e. The molecule has 1 aliphatic heterocycles. The Balaban J connectivity index is 2.01. The maximum Gasteiger partial charge on any atom is 0.410 e. The van der Waals surface area contributed by atoms with Crippen molar-refractivity contribution in [2.45, 2.75) is 45.8 Å². The maximum atomic E-state index is 14.1. The van der Waals surface area contributed by atoms with Gasteiger partial charge in [-0.15, -0.1) is 0 Å². The summed E-state index contributed by atoms with van der Waals surface area (Å²) in [5.74, 6) is -1.06. The Bertz CT molecular complexity index is 695. The highest BCUT2D eigenvalue weighted by atomic mass is 19.1. The molecule has 1 atom stereocenters. The highest BCUT2D eigenvalue weighted by Crippen LogP contribution is 2.19. The quantitative estimate of drug-likeness (QED) is 0.909. The number of hydrogen-bond acceptors (Lipinski definition) is 3. The Morgan fingerprint density at radius 2 is 2.08 bits per heavy atom. The first kappa shape index (κ1) is 19.0. The summed E-state index contributed by atoms with van der Waals surface area (Å²) < 4.78 is 19.4. The van der Waals surface area contributed by atoms with E-state index in [2.05, 4.69) is 11.9 Å². The van der Waals surface area contributed by atoms with Crippen molar-refractivity contribution < 1.29 is 18.7 Å². The smallest absolute Gasteiger partial charge is 0.410 e. The van der Waals surface area contributed by atoms with Gasteiger partial charge in [0.1, 0.15) is 11.4 Å². The highest BCUT2D eigenvalue weighted by Gasteiger charge is 2.31. The Morgan fingerprint density at radius 1 is 1.40 bits per heavy atom. The van der Waals surface area contributed by atoms with Crippen molar-refractivity contribution in [2.24, 2.45) is 0 Å². The van der Waals surface area contributed by atoms with Gasteiger partial charge in [0.2, 0.25) is 0 Å². The molecular formula is C19H25FN2O3. The Labute approximate surface area is 147 Å². The van der Waals surface area contributed by atoms with Crippen LogP contribution in [0.3, 0.4) is 0 Å². The van der Waals surface area contributed by atoms with E-state index in [1.54, 1.807) is 38.7 Å². The predicted molar refractivity (Wildman–Crippen MR) is 94.9 cm³/mol. The molecule has 1 aliphatic rings. The molecule has 136 valence electrons. The molecule has 25 heavy (non-hydrogen) atoms. The van der Waals surface area contributed by atoms with E-state index >= 15 is 0 Å². The summed E-state index contributed by atoms with van der Waals surface area (Å²) in [7, 11) is 0. The SMILES string of the molecule is C=Cc1cc(C(=O)N[C@H]2CCN(C(=O)OC(C)(C)C)C2)c(F)cc1C. The Morgan fingerprint density at radius 3 is 2.68 bits per heavy atom. The molecule has 0 bridgehead atoms. The number of rotatable bonds is 3. The number of hydrogen-bond donors (Lipinski definition) is 1. The van der Waals surface area contributed by atoms with Crippen LogP contribution in [-0.4, -0.2) is 41.6 Å². The first-order chi connectivity index (χ1) is 11.6. The van der Waals surface area contributed by atoms with Crippen LogP contribution in [0.5, 0.6) is 0 Å². The van der Waals surface area contributed by atoms with Gasteiger partial charge in [-0.3, -0.25) is 4.79 Å². The second-order valence-corrected chi connectivity index (χ2v) is 7.28. The fourth-order valence-electron chi connectivity index (χ4n) is 2.72. The second-order valence-electron chi connectivity index (χ2n) is 7.28. The first-order valence-corrected chi connectivity index (χ1v) is 8.32. The van der Waals surface area contributed by atoms with Crippen molar-refractivity contribution in [1.29, 1.82) is 0 Å². The lowest BCUT2D eigenvalue weighted by Gasteiger charge is -2.24. The average Bonchev–Trinajstić information content (AvgIpc) is 2.94. The molecule has 1 N–H and O–H groups in total. The number of ether oxygens (including phenoxy) is 1. The fraction of sp³-hybridized carbons (Fsp3) is 0.474. The molecule has 2 rings (SSSR count). The molecule has 5 nitrogen and oxygen atoms in total. The highest BCUT2D eigenvalue weighted by molar-refractivity contribution is 5.95. The normalized spacial score (nSPS) is 17.3. The van der Waals surface area contributed by atoms with Crippen molar-refractivity contribution >= 4 is 18.1 Å². The number of likely N-dealkylation sites (tertiary alicyclic amines) is 1. The molecule has 0 unspecified atom stereocenters. The van der Waals surface area contributed by atoms with Gasteiger partial charge in [0.25, 0.3) is 5.91 Å². The van der Waals surface area contributed by atoms with Crippen LogP contribution in [-0.2, 0) is 4.74 Å². The molecule has 1 aromatic rings. The molecule has 0 radical (unpaired) electrons. The summed E-state index contributed by atoms with van der Waals surface area (Å²) in [6, 6.07) is 2.59. The van der Waals surface area contributed by atoms with E-state index in [0.29, 0.717) is 25.1 Å². The van der Waals surface area contributed by atoms with Gasteiger partial charge < -0.3 is 15.0 Å². The van der Waals surface area contributed by atoms with Crippen molar-refractivity contribution in [1.82, 2.24) is 10.2 Å². The molecule has 0 aliphatic carbocycles. The molecule has 0 spiro atoms. The molecule has 1 fully saturated rings. The van der Waals surface area contributed by atoms with Crippen LogP contribution in [0, 0.1) is 12.7 Å². The zero-order valence-corrected chi connectivity index (χ0v) is 15.2. The third kappa shape index (κ3) is 4.81. The lowest BCUT2D eigenvalue weighted by molar-refractivity contribution is 0.0290. The van der Waals surface area contributed by atoms with E-state index < -0.39 is 23.4 Å². The molecule has 1 saturated heterocycles. The van der Waals surface area contributed by atoms with Crippen molar-refractivity contribution in [3.8, 4) is 0 Å². The van der Waals surface area contributed by atoms with Gasteiger partial charge in [-0.1, -0.05) is 12.7 Å². The van der Waals surface area contributed by atoms with E-state index in [4.69, 9.17) is 4.74 Å². The number of nitrogens with one attached hydrogen (secondary N) is 1. The molecule has 6 heteroatoms. The third-order valence-corrected chi connectivity index (χ3v) is 4.00. The minimum absolute atomic E-state index is 0.0174. The number of benzene rings is 1. The number of aryl methyl sites for hydroxylation is 1. The predicted octanol–water partition coefficient (Wildman–Crippen LogP) is 3.52. The minimum Gasteiger partial charge on any atom is -0.444 e. The lowest BCUT2D eigenvalue weighted by atomic mass is 10.0. The Kier molecular flexibility index (Phi) is 5.50. The zero-order valence-electron chi connectivity index (χ0n) is 15.2. The van der Waals surface area contributed by atoms with Gasteiger partial charge >= 0.3 is 6.09 Å². The summed E-state index contributed by atoms with van der Waals surface area (Å²) in [5, 5.41) is 2.79. The third-order valence-electron chi connectivity index (χ3n) is 4.00. The molecule has 2 amide bonds. The minimum atomic E-state index is -0.567. The average molecular weight is 348 g/mol. The number of halogens is 1. The number of nitrogens with zero attached hydrogens (tertiary/aromatic N) is 1. The van der Waals surface area contributed by atoms with Gasteiger partial charge in [0.05, 0.1) is 5.56 Å². The summed E-state index contributed by atoms with van der Waals surface area (Å²) in [5.41, 5.74) is 0.857. The summed E-state index contributed by atoms with van der Waals surface area (Å²) in [4.78, 5) is 26.0. The van der Waals surface area contributed by atoms with Crippen LogP contribution in [0.15, 0.2) is 18.7 Å². The van der Waals surface area contributed by atoms with E-state index in [9.17, 15) is 14.0 Å². The van der Waals surface area contributed by atoms with Crippen LogP contribution >= 0.6 is 0 Å². The first-order valence-electron chi connectivity index (χ1n) is 8.32. The van der Waals surface area contributed by atoms with Gasteiger partial charge in [-0.25, -0.2) is 9.18 Å². The Hall–Kier alpha value is -2.37. The number of amides is 2. The van der Waals surface area contributed by atoms with Crippen LogP contribution in [0.25, 0.3) is 6.08 Å². The van der Waals surface area contributed by atoms with Gasteiger partial charge in [-0.05, 0) is 57.4 Å². The van der Waals surface area contributed by atoms with Crippen LogP contribution in [0.2, 0.25) is 0 Å². The van der Waals surface area contributed by atoms with Crippen molar-refractivity contribution in [3.05, 3.63) is 41.2 Å². The van der Waals surface area contributed by atoms with Crippen LogP contribution in [0.4, 0.5) is 9.18 Å². The van der Waals surface area contributed by atoms with Crippen LogP contribution < -0.4 is 5.32 Å². The fourth-order valence-corrected chi connectivity index (χ4v) is 2.72. The maximum absolute atomic E-state index is 14.1.